The number of anilines is 1. The van der Waals surface area contributed by atoms with Gasteiger partial charge in [0.1, 0.15) is 4.60 Å². The fourth-order valence-electron chi connectivity index (χ4n) is 1.04. The second kappa shape index (κ2) is 4.27. The van der Waals surface area contributed by atoms with Gasteiger partial charge in [-0.05, 0) is 40.2 Å². The number of halogens is 1. The first-order chi connectivity index (χ1) is 7.27. The second-order valence-electron chi connectivity index (χ2n) is 2.79. The normalized spacial score (nSPS) is 9.93. The zero-order chi connectivity index (χ0) is 10.7. The molecule has 0 spiro atoms. The van der Waals surface area contributed by atoms with Crippen molar-refractivity contribution in [2.24, 2.45) is 0 Å². The number of nitrogens with zero attached hydrogens (tertiary/aromatic N) is 2. The van der Waals surface area contributed by atoms with Crippen LogP contribution in [0.15, 0.2) is 41.3 Å². The molecular weight excluding hydrogens is 258 g/mol. The second-order valence-corrected chi connectivity index (χ2v) is 3.54. The largest absolute Gasteiger partial charge is 0.434 e. The van der Waals surface area contributed by atoms with Gasteiger partial charge in [-0.1, -0.05) is 0 Å². The van der Waals surface area contributed by atoms with Crippen LogP contribution in [0, 0.1) is 0 Å². The highest BCUT2D eigenvalue weighted by Crippen LogP contribution is 2.28. The first-order valence-corrected chi connectivity index (χ1v) is 5.05. The van der Waals surface area contributed by atoms with Gasteiger partial charge in [-0.3, -0.25) is 0 Å². The molecule has 0 fully saturated rings. The molecule has 0 saturated carbocycles. The highest BCUT2D eigenvalue weighted by molar-refractivity contribution is 9.10. The summed E-state index contributed by atoms with van der Waals surface area (Å²) in [6.45, 7) is 0. The minimum absolute atomic E-state index is 0.381. The third-order valence-electron chi connectivity index (χ3n) is 1.73. The lowest BCUT2D eigenvalue weighted by Gasteiger charge is -2.07. The summed E-state index contributed by atoms with van der Waals surface area (Å²) in [6, 6.07) is 7.04. The summed E-state index contributed by atoms with van der Waals surface area (Å²) in [5.74, 6) is 0.967. The van der Waals surface area contributed by atoms with Crippen LogP contribution in [0.5, 0.6) is 11.6 Å². The maximum absolute atomic E-state index is 5.70. The fourth-order valence-corrected chi connectivity index (χ4v) is 1.37. The Morgan fingerprint density at radius 2 is 1.87 bits per heavy atom. The van der Waals surface area contributed by atoms with Gasteiger partial charge in [0.05, 0.1) is 5.69 Å². The van der Waals surface area contributed by atoms with E-state index >= 15 is 0 Å². The van der Waals surface area contributed by atoms with Crippen LogP contribution in [0.25, 0.3) is 0 Å². The van der Waals surface area contributed by atoms with E-state index in [2.05, 4.69) is 25.9 Å². The van der Waals surface area contributed by atoms with Crippen molar-refractivity contribution in [3.63, 3.8) is 0 Å². The van der Waals surface area contributed by atoms with Gasteiger partial charge in [0.25, 0.3) is 0 Å². The lowest BCUT2D eigenvalue weighted by Crippen LogP contribution is -1.95. The molecule has 5 heteroatoms. The standard InChI is InChI=1S/C10H8BrN3O/c11-9-8(4-2-5-13-9)15-10-7(12)3-1-6-14-10/h1-6H,12H2. The van der Waals surface area contributed by atoms with E-state index in [0.717, 1.165) is 0 Å². The molecule has 0 aromatic carbocycles. The highest BCUT2D eigenvalue weighted by Gasteiger charge is 2.05. The molecule has 0 bridgehead atoms. The van der Waals surface area contributed by atoms with Crippen LogP contribution in [-0.2, 0) is 0 Å². The van der Waals surface area contributed by atoms with Crippen molar-refractivity contribution in [2.45, 2.75) is 0 Å². The van der Waals surface area contributed by atoms with Crippen molar-refractivity contribution in [3.05, 3.63) is 41.3 Å². The quantitative estimate of drug-likeness (QED) is 0.849. The van der Waals surface area contributed by atoms with E-state index < -0.39 is 0 Å². The molecule has 0 aliphatic heterocycles. The van der Waals surface area contributed by atoms with Crippen molar-refractivity contribution in [3.8, 4) is 11.6 Å². The van der Waals surface area contributed by atoms with E-state index in [9.17, 15) is 0 Å². The van der Waals surface area contributed by atoms with Crippen LogP contribution in [-0.4, -0.2) is 9.97 Å². The molecule has 0 unspecified atom stereocenters. The number of nitrogen functional groups attached to an aromatic ring is 1. The van der Waals surface area contributed by atoms with Crippen molar-refractivity contribution in [2.75, 3.05) is 5.73 Å². The van der Waals surface area contributed by atoms with Crippen LogP contribution in [0.2, 0.25) is 0 Å². The molecule has 2 heterocycles. The molecule has 2 aromatic heterocycles. The van der Waals surface area contributed by atoms with Gasteiger partial charge < -0.3 is 10.5 Å². The van der Waals surface area contributed by atoms with Crippen LogP contribution in [0.1, 0.15) is 0 Å². The van der Waals surface area contributed by atoms with E-state index in [1.807, 2.05) is 0 Å². The summed E-state index contributed by atoms with van der Waals surface area (Å²) in [5.41, 5.74) is 6.19. The van der Waals surface area contributed by atoms with Crippen molar-refractivity contribution >= 4 is 21.6 Å². The lowest BCUT2D eigenvalue weighted by atomic mass is 10.4. The smallest absolute Gasteiger partial charge is 0.242 e. The van der Waals surface area contributed by atoms with E-state index in [0.29, 0.717) is 21.9 Å². The number of aromatic nitrogens is 2. The molecule has 0 aliphatic carbocycles. The van der Waals surface area contributed by atoms with Crippen LogP contribution >= 0.6 is 15.9 Å². The molecule has 4 nitrogen and oxygen atoms in total. The predicted molar refractivity (Wildman–Crippen MR) is 60.7 cm³/mol. The van der Waals surface area contributed by atoms with Crippen molar-refractivity contribution in [1.82, 2.24) is 9.97 Å². The Labute approximate surface area is 95.2 Å². The summed E-state index contributed by atoms with van der Waals surface area (Å²) in [7, 11) is 0. The van der Waals surface area contributed by atoms with Gasteiger partial charge in [0.2, 0.25) is 5.88 Å². The topological polar surface area (TPSA) is 61.0 Å². The molecule has 76 valence electrons. The Kier molecular flexibility index (Phi) is 2.82. The fraction of sp³-hybridized carbons (Fsp3) is 0. The maximum atomic E-state index is 5.70. The summed E-state index contributed by atoms with van der Waals surface area (Å²) in [5, 5.41) is 0. The summed E-state index contributed by atoms with van der Waals surface area (Å²) in [4.78, 5) is 8.05. The molecule has 2 rings (SSSR count). The Morgan fingerprint density at radius 3 is 2.60 bits per heavy atom. The zero-order valence-corrected chi connectivity index (χ0v) is 9.31. The third kappa shape index (κ3) is 2.24. The molecule has 0 aliphatic rings. The molecule has 2 aromatic rings. The molecular formula is C10H8BrN3O. The highest BCUT2D eigenvalue weighted by atomic mass is 79.9. The molecule has 0 atom stereocenters. The van der Waals surface area contributed by atoms with Gasteiger partial charge >= 0.3 is 0 Å². The van der Waals surface area contributed by atoms with Crippen LogP contribution in [0.3, 0.4) is 0 Å². The van der Waals surface area contributed by atoms with Gasteiger partial charge in [-0.2, -0.15) is 0 Å². The van der Waals surface area contributed by atoms with E-state index in [1.54, 1.807) is 36.7 Å². The Balaban J connectivity index is 2.30. The Morgan fingerprint density at radius 1 is 1.13 bits per heavy atom. The molecule has 0 radical (unpaired) electrons. The Bertz CT molecular complexity index is 432. The van der Waals surface area contributed by atoms with Gasteiger partial charge in [0, 0.05) is 12.4 Å². The monoisotopic (exact) mass is 265 g/mol. The first-order valence-electron chi connectivity index (χ1n) is 4.26. The lowest BCUT2D eigenvalue weighted by molar-refractivity contribution is 0.460. The average Bonchev–Trinajstić information content (AvgIpc) is 2.24. The van der Waals surface area contributed by atoms with E-state index in [1.165, 1.54) is 0 Å². The Hall–Kier alpha value is -1.62. The van der Waals surface area contributed by atoms with Crippen molar-refractivity contribution < 1.29 is 4.74 Å². The van der Waals surface area contributed by atoms with Crippen LogP contribution < -0.4 is 10.5 Å². The molecule has 2 N–H and O–H groups in total. The molecule has 0 saturated heterocycles. The number of pyridine rings is 2. The number of nitrogens with two attached hydrogens (primary N) is 1. The number of hydrogen-bond donors (Lipinski definition) is 1. The van der Waals surface area contributed by atoms with Gasteiger partial charge in [0.15, 0.2) is 5.75 Å². The molecule has 0 amide bonds. The van der Waals surface area contributed by atoms with Crippen LogP contribution in [0.4, 0.5) is 5.69 Å². The number of hydrogen-bond acceptors (Lipinski definition) is 4. The van der Waals surface area contributed by atoms with Crippen molar-refractivity contribution in [1.29, 1.82) is 0 Å². The number of ether oxygens (including phenoxy) is 1. The first kappa shape index (κ1) is 9.92. The third-order valence-corrected chi connectivity index (χ3v) is 2.33. The number of rotatable bonds is 2. The summed E-state index contributed by atoms with van der Waals surface area (Å²) >= 11 is 3.27. The van der Waals surface area contributed by atoms with Gasteiger partial charge in [-0.25, -0.2) is 9.97 Å². The maximum Gasteiger partial charge on any atom is 0.242 e. The zero-order valence-electron chi connectivity index (χ0n) is 7.72. The average molecular weight is 266 g/mol. The van der Waals surface area contributed by atoms with E-state index in [-0.39, 0.29) is 0 Å². The van der Waals surface area contributed by atoms with Gasteiger partial charge in [-0.15, -0.1) is 0 Å². The summed E-state index contributed by atoms with van der Waals surface area (Å²) < 4.78 is 6.11. The minimum Gasteiger partial charge on any atom is -0.434 e. The summed E-state index contributed by atoms with van der Waals surface area (Å²) in [6.07, 6.45) is 3.29. The van der Waals surface area contributed by atoms with E-state index in [4.69, 9.17) is 10.5 Å². The molecule has 15 heavy (non-hydrogen) atoms. The SMILES string of the molecule is Nc1cccnc1Oc1cccnc1Br. The predicted octanol–water partition coefficient (Wildman–Crippen LogP) is 2.61. The minimum atomic E-state index is 0.381.